The van der Waals surface area contributed by atoms with Gasteiger partial charge in [-0.3, -0.25) is 4.79 Å². The fourth-order valence-corrected chi connectivity index (χ4v) is 1.24. The summed E-state index contributed by atoms with van der Waals surface area (Å²) in [4.78, 5) is 10.5. The minimum atomic E-state index is -1.58. The van der Waals surface area contributed by atoms with Crippen molar-refractivity contribution in [2.24, 2.45) is 0 Å². The Morgan fingerprint density at radius 1 is 1.50 bits per heavy atom. The number of ether oxygens (including phenoxy) is 1. The zero-order chi connectivity index (χ0) is 12.0. The molecule has 0 radical (unpaired) electrons. The zero-order valence-corrected chi connectivity index (χ0v) is 8.94. The molecular formula is C12H12FNO2. The van der Waals surface area contributed by atoms with Gasteiger partial charge in [0.15, 0.2) is 0 Å². The number of halogens is 1. The maximum atomic E-state index is 12.9. The molecule has 16 heavy (non-hydrogen) atoms. The van der Waals surface area contributed by atoms with E-state index >= 15 is 0 Å². The van der Waals surface area contributed by atoms with Gasteiger partial charge in [0.2, 0.25) is 6.17 Å². The second-order valence-corrected chi connectivity index (χ2v) is 3.32. The summed E-state index contributed by atoms with van der Waals surface area (Å²) >= 11 is 0. The molecule has 3 nitrogen and oxygen atoms in total. The molecule has 84 valence electrons. The van der Waals surface area contributed by atoms with E-state index in [1.807, 2.05) is 0 Å². The van der Waals surface area contributed by atoms with Crippen LogP contribution in [0.15, 0.2) is 24.3 Å². The predicted molar refractivity (Wildman–Crippen MR) is 56.2 cm³/mol. The van der Waals surface area contributed by atoms with Crippen molar-refractivity contribution in [1.82, 2.24) is 0 Å². The molecule has 0 saturated carbocycles. The summed E-state index contributed by atoms with van der Waals surface area (Å²) in [5.74, 6) is -0.315. The van der Waals surface area contributed by atoms with E-state index in [0.29, 0.717) is 18.6 Å². The molecule has 1 atom stereocenters. The van der Waals surface area contributed by atoms with Crippen molar-refractivity contribution in [2.45, 2.75) is 19.5 Å². The Labute approximate surface area is 93.5 Å². The smallest absolute Gasteiger partial charge is 0.302 e. The van der Waals surface area contributed by atoms with Crippen molar-refractivity contribution in [3.8, 4) is 6.07 Å². The first kappa shape index (κ1) is 12.2. The van der Waals surface area contributed by atoms with E-state index < -0.39 is 6.17 Å². The molecule has 0 spiro atoms. The molecule has 1 aromatic carbocycles. The number of esters is 1. The molecule has 0 aliphatic carbocycles. The van der Waals surface area contributed by atoms with Crippen LogP contribution in [0.1, 0.15) is 24.2 Å². The normalized spacial score (nSPS) is 11.6. The second kappa shape index (κ2) is 5.86. The van der Waals surface area contributed by atoms with Gasteiger partial charge in [-0.05, 0) is 5.56 Å². The molecule has 0 amide bonds. The van der Waals surface area contributed by atoms with Crippen molar-refractivity contribution < 1.29 is 13.9 Å². The van der Waals surface area contributed by atoms with Crippen molar-refractivity contribution in [2.75, 3.05) is 6.61 Å². The molecule has 4 heteroatoms. The average molecular weight is 221 g/mol. The molecular weight excluding hydrogens is 209 g/mol. The first-order chi connectivity index (χ1) is 7.63. The summed E-state index contributed by atoms with van der Waals surface area (Å²) < 4.78 is 17.7. The summed E-state index contributed by atoms with van der Waals surface area (Å²) in [6, 6.07) is 8.11. The molecule has 0 aliphatic heterocycles. The number of rotatable bonds is 4. The number of hydrogen-bond acceptors (Lipinski definition) is 3. The molecule has 0 aromatic heterocycles. The van der Waals surface area contributed by atoms with Gasteiger partial charge >= 0.3 is 5.97 Å². The van der Waals surface area contributed by atoms with Crippen molar-refractivity contribution >= 4 is 5.97 Å². The Balaban J connectivity index is 2.52. The minimum absolute atomic E-state index is 0.311. The van der Waals surface area contributed by atoms with Crippen LogP contribution in [-0.4, -0.2) is 12.6 Å². The van der Waals surface area contributed by atoms with E-state index in [1.54, 1.807) is 24.3 Å². The number of carbonyl (C=O) groups is 1. The molecule has 0 bridgehead atoms. The Kier molecular flexibility index (Phi) is 4.46. The quantitative estimate of drug-likeness (QED) is 0.733. The van der Waals surface area contributed by atoms with Crippen LogP contribution < -0.4 is 0 Å². The minimum Gasteiger partial charge on any atom is -0.466 e. The van der Waals surface area contributed by atoms with Gasteiger partial charge in [0.25, 0.3) is 0 Å². The van der Waals surface area contributed by atoms with Gasteiger partial charge in [-0.1, -0.05) is 24.3 Å². The third-order valence-corrected chi connectivity index (χ3v) is 2.08. The standard InChI is InChI=1S/C12H12FNO2/c1-9(15)16-7-6-10-2-4-11(5-3-10)12(13)8-14/h2-5,12H,6-7H2,1H3. The van der Waals surface area contributed by atoms with Crippen LogP contribution in [0, 0.1) is 11.3 Å². The van der Waals surface area contributed by atoms with Crippen LogP contribution in [0.4, 0.5) is 4.39 Å². The van der Waals surface area contributed by atoms with E-state index in [2.05, 4.69) is 0 Å². The van der Waals surface area contributed by atoms with E-state index in [9.17, 15) is 9.18 Å². The van der Waals surface area contributed by atoms with Gasteiger partial charge < -0.3 is 4.74 Å². The molecule has 1 aromatic rings. The fourth-order valence-electron chi connectivity index (χ4n) is 1.24. The lowest BCUT2D eigenvalue weighted by atomic mass is 10.1. The van der Waals surface area contributed by atoms with Crippen molar-refractivity contribution in [1.29, 1.82) is 5.26 Å². The van der Waals surface area contributed by atoms with Crippen LogP contribution in [0.5, 0.6) is 0 Å². The van der Waals surface area contributed by atoms with Crippen molar-refractivity contribution in [3.05, 3.63) is 35.4 Å². The highest BCUT2D eigenvalue weighted by atomic mass is 19.1. The maximum absolute atomic E-state index is 12.9. The fraction of sp³-hybridized carbons (Fsp3) is 0.333. The summed E-state index contributed by atoms with van der Waals surface area (Å²) in [6.07, 6.45) is -0.994. The molecule has 1 unspecified atom stereocenters. The van der Waals surface area contributed by atoms with Crippen LogP contribution in [0.3, 0.4) is 0 Å². The van der Waals surface area contributed by atoms with Gasteiger partial charge in [-0.25, -0.2) is 4.39 Å². The lowest BCUT2D eigenvalue weighted by Gasteiger charge is -2.04. The highest BCUT2D eigenvalue weighted by Crippen LogP contribution is 2.16. The van der Waals surface area contributed by atoms with Gasteiger partial charge in [0, 0.05) is 18.9 Å². The third-order valence-electron chi connectivity index (χ3n) is 2.08. The summed E-state index contributed by atoms with van der Waals surface area (Å²) in [7, 11) is 0. The van der Waals surface area contributed by atoms with Gasteiger partial charge in [0.1, 0.15) is 6.07 Å². The SMILES string of the molecule is CC(=O)OCCc1ccc(C(F)C#N)cc1. The average Bonchev–Trinajstić information content (AvgIpc) is 2.28. The molecule has 0 fully saturated rings. The highest BCUT2D eigenvalue weighted by Gasteiger charge is 2.06. The van der Waals surface area contributed by atoms with E-state index in [4.69, 9.17) is 10.00 Å². The van der Waals surface area contributed by atoms with Gasteiger partial charge in [0.05, 0.1) is 6.61 Å². The lowest BCUT2D eigenvalue weighted by Crippen LogP contribution is -2.03. The highest BCUT2D eigenvalue weighted by molar-refractivity contribution is 5.65. The number of carbonyl (C=O) groups excluding carboxylic acids is 1. The summed E-state index contributed by atoms with van der Waals surface area (Å²) in [6.45, 7) is 1.66. The summed E-state index contributed by atoms with van der Waals surface area (Å²) in [5.41, 5.74) is 1.29. The topological polar surface area (TPSA) is 50.1 Å². The Morgan fingerprint density at radius 3 is 2.62 bits per heavy atom. The molecule has 0 N–H and O–H groups in total. The number of hydrogen-bond donors (Lipinski definition) is 0. The van der Waals surface area contributed by atoms with Crippen molar-refractivity contribution in [3.63, 3.8) is 0 Å². The lowest BCUT2D eigenvalue weighted by molar-refractivity contribution is -0.140. The predicted octanol–water partition coefficient (Wildman–Crippen LogP) is 2.33. The first-order valence-electron chi connectivity index (χ1n) is 4.89. The summed E-state index contributed by atoms with van der Waals surface area (Å²) in [5, 5.41) is 8.38. The number of benzene rings is 1. The molecule has 1 rings (SSSR count). The van der Waals surface area contributed by atoms with Crippen LogP contribution in [0.2, 0.25) is 0 Å². The van der Waals surface area contributed by atoms with Gasteiger partial charge in [-0.15, -0.1) is 0 Å². The Hall–Kier alpha value is -1.89. The number of nitriles is 1. The van der Waals surface area contributed by atoms with E-state index in [0.717, 1.165) is 5.56 Å². The monoisotopic (exact) mass is 221 g/mol. The third kappa shape index (κ3) is 3.70. The van der Waals surface area contributed by atoms with Crippen LogP contribution in [-0.2, 0) is 16.0 Å². The first-order valence-corrected chi connectivity index (χ1v) is 4.89. The molecule has 0 saturated heterocycles. The van der Waals surface area contributed by atoms with E-state index in [1.165, 1.54) is 13.0 Å². The molecule has 0 aliphatic rings. The largest absolute Gasteiger partial charge is 0.466 e. The maximum Gasteiger partial charge on any atom is 0.302 e. The Morgan fingerprint density at radius 2 is 2.12 bits per heavy atom. The molecule has 0 heterocycles. The van der Waals surface area contributed by atoms with Crippen LogP contribution >= 0.6 is 0 Å². The second-order valence-electron chi connectivity index (χ2n) is 3.32. The number of alkyl halides is 1. The zero-order valence-electron chi connectivity index (χ0n) is 8.94. The Bertz CT molecular complexity index is 394. The number of nitrogens with zero attached hydrogens (tertiary/aromatic N) is 1. The van der Waals surface area contributed by atoms with Gasteiger partial charge in [-0.2, -0.15) is 5.26 Å². The van der Waals surface area contributed by atoms with E-state index in [-0.39, 0.29) is 5.97 Å². The van der Waals surface area contributed by atoms with Crippen LogP contribution in [0.25, 0.3) is 0 Å².